The number of halogens is 3. The van der Waals surface area contributed by atoms with Crippen LogP contribution in [0.2, 0.25) is 0 Å². The van der Waals surface area contributed by atoms with Crippen LogP contribution < -0.4 is 0 Å². The van der Waals surface area contributed by atoms with Crippen LogP contribution in [0.5, 0.6) is 0 Å². The molecule has 0 saturated heterocycles. The predicted molar refractivity (Wildman–Crippen MR) is 74.2 cm³/mol. The van der Waals surface area contributed by atoms with Crippen LogP contribution in [0.15, 0.2) is 12.7 Å². The van der Waals surface area contributed by atoms with E-state index >= 15 is 0 Å². The summed E-state index contributed by atoms with van der Waals surface area (Å²) in [5.74, 6) is 0. The number of hydrogen-bond donors (Lipinski definition) is 0. The van der Waals surface area contributed by atoms with Crippen molar-refractivity contribution >= 4 is 34.8 Å². The minimum absolute atomic E-state index is 0.0450. The Bertz CT molecular complexity index is 357. The number of methoxy groups -OCH3 is 1. The van der Waals surface area contributed by atoms with Crippen molar-refractivity contribution in [3.63, 3.8) is 0 Å². The van der Waals surface area contributed by atoms with Crippen LogP contribution in [-0.4, -0.2) is 31.8 Å². The molecule has 1 aromatic rings. The number of aromatic nitrogens is 3. The third-order valence-electron chi connectivity index (χ3n) is 2.52. The second-order valence-corrected chi connectivity index (χ2v) is 7.77. The lowest BCUT2D eigenvalue weighted by molar-refractivity contribution is 0.0379. The van der Waals surface area contributed by atoms with E-state index in [1.807, 2.05) is 0 Å². The molecular formula is C11H18Cl3N3O. The van der Waals surface area contributed by atoms with E-state index in [0.717, 1.165) is 6.42 Å². The molecule has 0 saturated carbocycles. The van der Waals surface area contributed by atoms with Gasteiger partial charge in [-0.1, -0.05) is 55.6 Å². The molecule has 1 rings (SSSR count). The van der Waals surface area contributed by atoms with E-state index in [1.54, 1.807) is 11.0 Å². The van der Waals surface area contributed by atoms with E-state index in [4.69, 9.17) is 39.5 Å². The monoisotopic (exact) mass is 313 g/mol. The number of ether oxygens (including phenoxy) is 1. The molecule has 2 atom stereocenters. The molecule has 0 radical (unpaired) electrons. The van der Waals surface area contributed by atoms with E-state index in [2.05, 4.69) is 30.9 Å². The zero-order valence-electron chi connectivity index (χ0n) is 10.9. The maximum atomic E-state index is 5.98. The normalized spacial score (nSPS) is 16.6. The molecule has 0 fully saturated rings. The number of nitrogens with zero attached hydrogens (tertiary/aromatic N) is 3. The van der Waals surface area contributed by atoms with E-state index in [-0.39, 0.29) is 11.5 Å². The van der Waals surface area contributed by atoms with Gasteiger partial charge < -0.3 is 4.74 Å². The summed E-state index contributed by atoms with van der Waals surface area (Å²) in [7, 11) is 1.53. The van der Waals surface area contributed by atoms with Gasteiger partial charge in [-0.25, -0.2) is 9.67 Å². The van der Waals surface area contributed by atoms with Crippen LogP contribution >= 0.6 is 34.8 Å². The maximum Gasteiger partial charge on any atom is 0.218 e. The van der Waals surface area contributed by atoms with Gasteiger partial charge >= 0.3 is 0 Å². The Balaban J connectivity index is 3.04. The Hall–Kier alpha value is -0.0300. The second-order valence-electron chi connectivity index (χ2n) is 5.41. The van der Waals surface area contributed by atoms with Gasteiger partial charge in [-0.15, -0.1) is 0 Å². The number of hydrogen-bond acceptors (Lipinski definition) is 3. The van der Waals surface area contributed by atoms with Crippen molar-refractivity contribution in [2.75, 3.05) is 7.11 Å². The lowest BCUT2D eigenvalue weighted by atomic mass is 9.86. The highest BCUT2D eigenvalue weighted by atomic mass is 35.6. The van der Waals surface area contributed by atoms with Crippen molar-refractivity contribution < 1.29 is 4.74 Å². The Kier molecular flexibility index (Phi) is 5.30. The number of rotatable bonds is 4. The third-order valence-corrected chi connectivity index (χ3v) is 3.17. The summed E-state index contributed by atoms with van der Waals surface area (Å²) in [4.78, 5) is 3.94. The first-order valence-electron chi connectivity index (χ1n) is 5.59. The third kappa shape index (κ3) is 4.57. The SMILES string of the molecule is COC(C(CC(C)(C)C)n1cncn1)C(Cl)(Cl)Cl. The average Bonchev–Trinajstić information content (AvgIpc) is 2.65. The summed E-state index contributed by atoms with van der Waals surface area (Å²) in [6.45, 7) is 6.34. The largest absolute Gasteiger partial charge is 0.375 e. The van der Waals surface area contributed by atoms with Crippen molar-refractivity contribution in [3.8, 4) is 0 Å². The van der Waals surface area contributed by atoms with Gasteiger partial charge in [0.15, 0.2) is 0 Å². The highest BCUT2D eigenvalue weighted by molar-refractivity contribution is 6.68. The standard InChI is InChI=1S/C11H18Cl3N3O/c1-10(2,3)5-8(17-7-15-6-16-17)9(18-4)11(12,13)14/h6-9H,5H2,1-4H3. The summed E-state index contributed by atoms with van der Waals surface area (Å²) < 4.78 is 5.53. The Morgan fingerprint density at radius 2 is 1.89 bits per heavy atom. The molecule has 0 amide bonds. The van der Waals surface area contributed by atoms with Crippen LogP contribution in [0.3, 0.4) is 0 Å². The van der Waals surface area contributed by atoms with E-state index in [0.29, 0.717) is 0 Å². The van der Waals surface area contributed by atoms with Crippen LogP contribution in [0.25, 0.3) is 0 Å². The molecule has 18 heavy (non-hydrogen) atoms. The molecule has 7 heteroatoms. The lowest BCUT2D eigenvalue weighted by Crippen LogP contribution is -2.39. The zero-order valence-corrected chi connectivity index (χ0v) is 13.2. The number of alkyl halides is 3. The van der Waals surface area contributed by atoms with Gasteiger partial charge in [0.25, 0.3) is 0 Å². The van der Waals surface area contributed by atoms with Gasteiger partial charge in [0.05, 0.1) is 6.04 Å². The maximum absolute atomic E-state index is 5.98. The van der Waals surface area contributed by atoms with Gasteiger partial charge in [-0.3, -0.25) is 0 Å². The molecule has 104 valence electrons. The molecule has 0 N–H and O–H groups in total. The van der Waals surface area contributed by atoms with Gasteiger partial charge in [-0.2, -0.15) is 5.10 Å². The molecule has 0 aliphatic rings. The van der Waals surface area contributed by atoms with Gasteiger partial charge in [0, 0.05) is 7.11 Å². The first-order chi connectivity index (χ1) is 8.15. The van der Waals surface area contributed by atoms with Crippen molar-refractivity contribution in [3.05, 3.63) is 12.7 Å². The molecule has 0 aliphatic heterocycles. The summed E-state index contributed by atoms with van der Waals surface area (Å²) in [5, 5.41) is 4.13. The Morgan fingerprint density at radius 3 is 2.22 bits per heavy atom. The summed E-state index contributed by atoms with van der Waals surface area (Å²) in [6, 6.07) is -0.190. The fourth-order valence-corrected chi connectivity index (χ4v) is 2.57. The smallest absolute Gasteiger partial charge is 0.218 e. The Labute approximate surface area is 123 Å². The molecule has 2 unspecified atom stereocenters. The molecule has 0 aromatic carbocycles. The molecular weight excluding hydrogens is 296 g/mol. The van der Waals surface area contributed by atoms with E-state index < -0.39 is 9.90 Å². The second kappa shape index (κ2) is 5.95. The highest BCUT2D eigenvalue weighted by Gasteiger charge is 2.41. The molecule has 1 heterocycles. The molecule has 1 aromatic heterocycles. The van der Waals surface area contributed by atoms with Crippen molar-refractivity contribution in [1.82, 2.24) is 14.8 Å². The molecule has 0 aliphatic carbocycles. The summed E-state index contributed by atoms with van der Waals surface area (Å²) >= 11 is 18.0. The minimum Gasteiger partial charge on any atom is -0.375 e. The molecule has 4 nitrogen and oxygen atoms in total. The quantitative estimate of drug-likeness (QED) is 0.797. The van der Waals surface area contributed by atoms with Gasteiger partial charge in [-0.05, 0) is 11.8 Å². The van der Waals surface area contributed by atoms with Crippen molar-refractivity contribution in [2.24, 2.45) is 5.41 Å². The fraction of sp³-hybridized carbons (Fsp3) is 0.818. The highest BCUT2D eigenvalue weighted by Crippen LogP contribution is 2.41. The summed E-state index contributed by atoms with van der Waals surface area (Å²) in [5.41, 5.74) is 0.0450. The van der Waals surface area contributed by atoms with Crippen LogP contribution in [0, 0.1) is 5.41 Å². The first kappa shape index (κ1) is 16.0. The molecule has 0 bridgehead atoms. The van der Waals surface area contributed by atoms with Gasteiger partial charge in [0.2, 0.25) is 3.79 Å². The first-order valence-corrected chi connectivity index (χ1v) is 6.72. The molecule has 0 spiro atoms. The zero-order chi connectivity index (χ0) is 14.0. The van der Waals surface area contributed by atoms with E-state index in [9.17, 15) is 0 Å². The van der Waals surface area contributed by atoms with Gasteiger partial charge in [0.1, 0.15) is 18.8 Å². The van der Waals surface area contributed by atoms with Crippen molar-refractivity contribution in [2.45, 2.75) is 43.1 Å². The summed E-state index contributed by atoms with van der Waals surface area (Å²) in [6.07, 6.45) is 3.23. The van der Waals surface area contributed by atoms with Crippen LogP contribution in [0.1, 0.15) is 33.2 Å². The topological polar surface area (TPSA) is 39.9 Å². The minimum atomic E-state index is -1.52. The van der Waals surface area contributed by atoms with Crippen molar-refractivity contribution in [1.29, 1.82) is 0 Å². The fourth-order valence-electron chi connectivity index (χ4n) is 1.86. The Morgan fingerprint density at radius 1 is 1.28 bits per heavy atom. The lowest BCUT2D eigenvalue weighted by Gasteiger charge is -2.34. The van der Waals surface area contributed by atoms with Crippen LogP contribution in [-0.2, 0) is 4.74 Å². The van der Waals surface area contributed by atoms with Crippen LogP contribution in [0.4, 0.5) is 0 Å². The van der Waals surface area contributed by atoms with E-state index in [1.165, 1.54) is 13.4 Å². The average molecular weight is 315 g/mol. The predicted octanol–water partition coefficient (Wildman–Crippen LogP) is 3.64.